The average Bonchev–Trinajstić information content (AvgIpc) is 2.78. The Kier molecular flexibility index (Phi) is 7.48. The summed E-state index contributed by atoms with van der Waals surface area (Å²) >= 11 is 0. The highest BCUT2D eigenvalue weighted by Gasteiger charge is 2.34. The van der Waals surface area contributed by atoms with Crippen molar-refractivity contribution in [1.29, 1.82) is 0 Å². The maximum absolute atomic E-state index is 13.0. The predicted octanol–water partition coefficient (Wildman–Crippen LogP) is 4.80. The number of nitro groups is 1. The van der Waals surface area contributed by atoms with Gasteiger partial charge in [0.15, 0.2) is 0 Å². The van der Waals surface area contributed by atoms with Crippen LogP contribution in [0.2, 0.25) is 0 Å². The lowest BCUT2D eigenvalue weighted by molar-refractivity contribution is -0.384. The van der Waals surface area contributed by atoms with Crippen molar-refractivity contribution >= 4 is 11.4 Å². The number of nitro benzene ring substituents is 1. The van der Waals surface area contributed by atoms with Crippen LogP contribution in [0.3, 0.4) is 0 Å². The third-order valence-electron chi connectivity index (χ3n) is 6.10. The molecule has 2 atom stereocenters. The van der Waals surface area contributed by atoms with Crippen molar-refractivity contribution in [3.8, 4) is 5.75 Å². The number of methoxy groups -OCH3 is 1. The quantitative estimate of drug-likeness (QED) is 0.466. The molecule has 0 radical (unpaired) electrons. The number of hydrogen-bond donors (Lipinski definition) is 1. The summed E-state index contributed by atoms with van der Waals surface area (Å²) in [6.07, 6.45) is -4.92. The van der Waals surface area contributed by atoms with E-state index in [0.717, 1.165) is 28.5 Å². The molecule has 2 aromatic carbocycles. The van der Waals surface area contributed by atoms with Crippen LogP contribution in [0.4, 0.5) is 24.5 Å². The van der Waals surface area contributed by atoms with Crippen molar-refractivity contribution in [2.24, 2.45) is 0 Å². The fourth-order valence-electron chi connectivity index (χ4n) is 4.10. The molecule has 3 rings (SSSR count). The van der Waals surface area contributed by atoms with Gasteiger partial charge in [0.2, 0.25) is 0 Å². The molecule has 2 aromatic rings. The summed E-state index contributed by atoms with van der Waals surface area (Å²) in [6, 6.07) is 6.60. The predicted molar refractivity (Wildman–Crippen MR) is 119 cm³/mol. The van der Waals surface area contributed by atoms with Crippen LogP contribution in [0, 0.1) is 24.0 Å². The number of nitrogens with zero attached hydrogens (tertiary/aromatic N) is 2. The van der Waals surface area contributed by atoms with E-state index < -0.39 is 22.4 Å². The van der Waals surface area contributed by atoms with Gasteiger partial charge in [-0.25, -0.2) is 0 Å². The third kappa shape index (κ3) is 5.56. The number of halogens is 3. The van der Waals surface area contributed by atoms with E-state index in [1.54, 1.807) is 12.0 Å². The summed E-state index contributed by atoms with van der Waals surface area (Å²) in [6.45, 7) is 7.56. The van der Waals surface area contributed by atoms with E-state index in [9.17, 15) is 23.3 Å². The van der Waals surface area contributed by atoms with E-state index in [4.69, 9.17) is 9.47 Å². The van der Waals surface area contributed by atoms with Crippen molar-refractivity contribution in [2.45, 2.75) is 39.1 Å². The van der Waals surface area contributed by atoms with Crippen LogP contribution < -0.4 is 15.0 Å². The Hall–Kier alpha value is -2.85. The van der Waals surface area contributed by atoms with E-state index in [1.165, 1.54) is 6.07 Å². The SMILES string of the molecule is COc1ccc(C(C)NCC2CN(c3ccc(C(F)(F)F)cc3[N+](=O)[O-])CCO2)c(C)c1C. The monoisotopic (exact) mass is 467 g/mol. The first-order valence-corrected chi connectivity index (χ1v) is 10.6. The van der Waals surface area contributed by atoms with Gasteiger partial charge in [-0.3, -0.25) is 10.1 Å². The van der Waals surface area contributed by atoms with Crippen molar-refractivity contribution in [3.63, 3.8) is 0 Å². The zero-order valence-corrected chi connectivity index (χ0v) is 19.0. The molecular formula is C23H28F3N3O4. The molecule has 2 unspecified atom stereocenters. The molecule has 1 heterocycles. The van der Waals surface area contributed by atoms with Crippen molar-refractivity contribution < 1.29 is 27.6 Å². The van der Waals surface area contributed by atoms with Crippen LogP contribution in [0.25, 0.3) is 0 Å². The van der Waals surface area contributed by atoms with Gasteiger partial charge < -0.3 is 19.7 Å². The summed E-state index contributed by atoms with van der Waals surface area (Å²) in [5.41, 5.74) is 1.88. The van der Waals surface area contributed by atoms with E-state index in [2.05, 4.69) is 5.32 Å². The molecule has 0 aliphatic carbocycles. The van der Waals surface area contributed by atoms with Crippen LogP contribution in [-0.2, 0) is 10.9 Å². The van der Waals surface area contributed by atoms with Gasteiger partial charge in [-0.2, -0.15) is 13.2 Å². The minimum absolute atomic E-state index is 0.0222. The maximum Gasteiger partial charge on any atom is 0.416 e. The molecule has 1 aliphatic heterocycles. The van der Waals surface area contributed by atoms with E-state index in [-0.39, 0.29) is 17.8 Å². The topological polar surface area (TPSA) is 76.9 Å². The number of benzene rings is 2. The highest BCUT2D eigenvalue weighted by molar-refractivity contribution is 5.65. The molecule has 0 spiro atoms. The molecular weight excluding hydrogens is 439 g/mol. The summed E-state index contributed by atoms with van der Waals surface area (Å²) in [5.74, 6) is 0.827. The zero-order valence-electron chi connectivity index (χ0n) is 19.0. The summed E-state index contributed by atoms with van der Waals surface area (Å²) < 4.78 is 50.2. The van der Waals surface area contributed by atoms with E-state index in [0.29, 0.717) is 32.3 Å². The number of alkyl halides is 3. The Morgan fingerprint density at radius 3 is 2.64 bits per heavy atom. The Balaban J connectivity index is 1.70. The minimum atomic E-state index is -4.64. The van der Waals surface area contributed by atoms with Gasteiger partial charge in [-0.15, -0.1) is 0 Å². The molecule has 7 nitrogen and oxygen atoms in total. The average molecular weight is 467 g/mol. The van der Waals surface area contributed by atoms with Crippen molar-refractivity contribution in [1.82, 2.24) is 5.32 Å². The van der Waals surface area contributed by atoms with Crippen LogP contribution in [-0.4, -0.2) is 44.4 Å². The van der Waals surface area contributed by atoms with Crippen LogP contribution in [0.15, 0.2) is 30.3 Å². The number of ether oxygens (including phenoxy) is 2. The van der Waals surface area contributed by atoms with Gasteiger partial charge in [-0.1, -0.05) is 6.07 Å². The van der Waals surface area contributed by atoms with Crippen LogP contribution >= 0.6 is 0 Å². The number of rotatable bonds is 7. The third-order valence-corrected chi connectivity index (χ3v) is 6.10. The molecule has 0 saturated carbocycles. The first-order valence-electron chi connectivity index (χ1n) is 10.6. The normalized spacial score (nSPS) is 17.7. The Morgan fingerprint density at radius 1 is 1.27 bits per heavy atom. The fraction of sp³-hybridized carbons (Fsp3) is 0.478. The second-order valence-electron chi connectivity index (χ2n) is 8.13. The van der Waals surface area contributed by atoms with Crippen molar-refractivity contribution in [2.75, 3.05) is 38.3 Å². The molecule has 1 N–H and O–H groups in total. The molecule has 0 amide bonds. The Bertz CT molecular complexity index is 1010. The van der Waals surface area contributed by atoms with E-state index >= 15 is 0 Å². The molecule has 180 valence electrons. The fourth-order valence-corrected chi connectivity index (χ4v) is 4.10. The number of hydrogen-bond acceptors (Lipinski definition) is 6. The Labute approximate surface area is 190 Å². The highest BCUT2D eigenvalue weighted by Crippen LogP contribution is 2.37. The second kappa shape index (κ2) is 9.96. The second-order valence-corrected chi connectivity index (χ2v) is 8.13. The van der Waals surface area contributed by atoms with Gasteiger partial charge >= 0.3 is 6.18 Å². The molecule has 1 aliphatic rings. The largest absolute Gasteiger partial charge is 0.496 e. The van der Waals surface area contributed by atoms with Gasteiger partial charge in [0.1, 0.15) is 11.4 Å². The lowest BCUT2D eigenvalue weighted by Gasteiger charge is -2.35. The molecule has 0 aromatic heterocycles. The number of nitrogens with one attached hydrogen (secondary N) is 1. The van der Waals surface area contributed by atoms with Gasteiger partial charge in [0.05, 0.1) is 30.3 Å². The number of anilines is 1. The molecule has 1 saturated heterocycles. The van der Waals surface area contributed by atoms with Crippen LogP contribution in [0.5, 0.6) is 5.75 Å². The molecule has 10 heteroatoms. The van der Waals surface area contributed by atoms with Gasteiger partial charge in [0.25, 0.3) is 5.69 Å². The summed E-state index contributed by atoms with van der Waals surface area (Å²) in [4.78, 5) is 12.4. The lowest BCUT2D eigenvalue weighted by atomic mass is 9.97. The van der Waals surface area contributed by atoms with E-state index in [1.807, 2.05) is 32.9 Å². The molecule has 1 fully saturated rings. The highest BCUT2D eigenvalue weighted by atomic mass is 19.4. The van der Waals surface area contributed by atoms with Crippen molar-refractivity contribution in [3.05, 3.63) is 62.7 Å². The van der Waals surface area contributed by atoms with Crippen LogP contribution in [0.1, 0.15) is 35.2 Å². The summed E-state index contributed by atoms with van der Waals surface area (Å²) in [7, 11) is 1.64. The van der Waals surface area contributed by atoms with Gasteiger partial charge in [-0.05, 0) is 55.7 Å². The smallest absolute Gasteiger partial charge is 0.416 e. The molecule has 33 heavy (non-hydrogen) atoms. The minimum Gasteiger partial charge on any atom is -0.496 e. The van der Waals surface area contributed by atoms with Gasteiger partial charge in [0, 0.05) is 31.7 Å². The molecule has 0 bridgehead atoms. The Morgan fingerprint density at radius 2 is 2.00 bits per heavy atom. The first-order chi connectivity index (χ1) is 15.5. The first kappa shape index (κ1) is 24.8. The maximum atomic E-state index is 13.0. The summed E-state index contributed by atoms with van der Waals surface area (Å²) in [5, 5.41) is 14.9. The zero-order chi connectivity index (χ0) is 24.3. The standard InChI is InChI=1S/C23H28F3N3O4/c1-14-15(2)22(32-4)8-6-19(14)16(3)27-12-18-13-28(9-10-33-18)20-7-5-17(23(24,25)26)11-21(20)29(30)31/h5-8,11,16,18,27H,9-10,12-13H2,1-4H3. The lowest BCUT2D eigenvalue weighted by Crippen LogP contribution is -2.47. The number of morpholine rings is 1.